The smallest absolute Gasteiger partial charge is 0.0869 e. The Kier molecular flexibility index (Phi) is 3.95. The molecule has 1 aliphatic heterocycles. The van der Waals surface area contributed by atoms with Gasteiger partial charge < -0.3 is 10.4 Å². The van der Waals surface area contributed by atoms with Crippen LogP contribution in [0, 0.1) is 6.92 Å². The van der Waals surface area contributed by atoms with E-state index in [1.807, 2.05) is 23.1 Å². The van der Waals surface area contributed by atoms with Gasteiger partial charge in [-0.2, -0.15) is 11.8 Å². The maximum absolute atomic E-state index is 10.2. The van der Waals surface area contributed by atoms with Crippen LogP contribution in [-0.2, 0) is 0 Å². The van der Waals surface area contributed by atoms with Crippen molar-refractivity contribution < 1.29 is 5.11 Å². The number of aliphatic hydroxyl groups is 1. The Balaban J connectivity index is 1.86. The number of rotatable bonds is 4. The molecular formula is C12H19NOS2. The van der Waals surface area contributed by atoms with Crippen molar-refractivity contribution in [1.82, 2.24) is 5.32 Å². The van der Waals surface area contributed by atoms with E-state index in [1.165, 1.54) is 9.75 Å². The molecule has 0 bridgehead atoms. The molecule has 2 heterocycles. The third kappa shape index (κ3) is 3.00. The summed E-state index contributed by atoms with van der Waals surface area (Å²) < 4.78 is 0. The zero-order chi connectivity index (χ0) is 11.6. The first kappa shape index (κ1) is 12.4. The van der Waals surface area contributed by atoms with Crippen LogP contribution < -0.4 is 5.32 Å². The van der Waals surface area contributed by atoms with Crippen LogP contribution in [0.15, 0.2) is 12.1 Å². The fourth-order valence-electron chi connectivity index (χ4n) is 1.87. The molecule has 4 heteroatoms. The SMILES string of the molecule is Cc1ccc(C(C)NCC2(O)CCSC2)s1. The summed E-state index contributed by atoms with van der Waals surface area (Å²) in [4.78, 5) is 2.70. The Morgan fingerprint density at radius 2 is 2.38 bits per heavy atom. The van der Waals surface area contributed by atoms with Gasteiger partial charge in [0.05, 0.1) is 5.60 Å². The lowest BCUT2D eigenvalue weighted by Crippen LogP contribution is -2.41. The Morgan fingerprint density at radius 1 is 1.56 bits per heavy atom. The van der Waals surface area contributed by atoms with Crippen LogP contribution in [0.4, 0.5) is 0 Å². The first-order chi connectivity index (χ1) is 7.59. The molecule has 0 aromatic carbocycles. The van der Waals surface area contributed by atoms with Gasteiger partial charge in [-0.05, 0) is 38.2 Å². The Labute approximate surface area is 105 Å². The highest BCUT2D eigenvalue weighted by molar-refractivity contribution is 7.99. The molecule has 0 aliphatic carbocycles. The zero-order valence-corrected chi connectivity index (χ0v) is 11.5. The van der Waals surface area contributed by atoms with E-state index in [0.29, 0.717) is 12.6 Å². The predicted octanol–water partition coefficient (Wildman–Crippen LogP) is 2.58. The van der Waals surface area contributed by atoms with Crippen LogP contribution in [0.1, 0.15) is 29.1 Å². The molecule has 1 aromatic heterocycles. The van der Waals surface area contributed by atoms with Crippen LogP contribution in [0.5, 0.6) is 0 Å². The average Bonchev–Trinajstić information content (AvgIpc) is 2.85. The first-order valence-electron chi connectivity index (χ1n) is 5.69. The minimum atomic E-state index is -0.481. The number of thiophene rings is 1. The van der Waals surface area contributed by atoms with Crippen LogP contribution in [0.3, 0.4) is 0 Å². The number of hydrogen-bond acceptors (Lipinski definition) is 4. The second kappa shape index (κ2) is 5.08. The van der Waals surface area contributed by atoms with Crippen molar-refractivity contribution in [2.24, 2.45) is 0 Å². The van der Waals surface area contributed by atoms with E-state index in [4.69, 9.17) is 0 Å². The minimum absolute atomic E-state index is 0.341. The fraction of sp³-hybridized carbons (Fsp3) is 0.667. The molecule has 0 spiro atoms. The number of nitrogens with one attached hydrogen (secondary N) is 1. The van der Waals surface area contributed by atoms with Crippen LogP contribution >= 0.6 is 23.1 Å². The highest BCUT2D eigenvalue weighted by atomic mass is 32.2. The summed E-state index contributed by atoms with van der Waals surface area (Å²) >= 11 is 3.67. The van der Waals surface area contributed by atoms with Gasteiger partial charge in [-0.3, -0.25) is 0 Å². The van der Waals surface area contributed by atoms with Gasteiger partial charge >= 0.3 is 0 Å². The lowest BCUT2D eigenvalue weighted by atomic mass is 10.0. The van der Waals surface area contributed by atoms with Crippen molar-refractivity contribution in [3.05, 3.63) is 21.9 Å². The van der Waals surface area contributed by atoms with Crippen LogP contribution in [0.25, 0.3) is 0 Å². The summed E-state index contributed by atoms with van der Waals surface area (Å²) in [6, 6.07) is 4.66. The van der Waals surface area contributed by atoms with Crippen LogP contribution in [0.2, 0.25) is 0 Å². The highest BCUT2D eigenvalue weighted by Crippen LogP contribution is 2.28. The zero-order valence-electron chi connectivity index (χ0n) is 9.82. The molecule has 2 rings (SSSR count). The van der Waals surface area contributed by atoms with Gasteiger partial charge in [0.15, 0.2) is 0 Å². The summed E-state index contributed by atoms with van der Waals surface area (Å²) in [5.74, 6) is 1.96. The van der Waals surface area contributed by atoms with E-state index in [1.54, 1.807) is 0 Å². The third-order valence-electron chi connectivity index (χ3n) is 3.01. The maximum atomic E-state index is 10.2. The van der Waals surface area contributed by atoms with Gasteiger partial charge in [0, 0.05) is 28.1 Å². The molecule has 1 aromatic rings. The van der Waals surface area contributed by atoms with E-state index in [0.717, 1.165) is 17.9 Å². The Hall–Kier alpha value is -0.0300. The quantitative estimate of drug-likeness (QED) is 0.869. The van der Waals surface area contributed by atoms with Gasteiger partial charge in [0.2, 0.25) is 0 Å². The normalized spacial score (nSPS) is 27.2. The molecule has 2 atom stereocenters. The second-order valence-corrected chi connectivity index (χ2v) is 7.00. The van der Waals surface area contributed by atoms with Crippen molar-refractivity contribution in [3.63, 3.8) is 0 Å². The summed E-state index contributed by atoms with van der Waals surface area (Å²) in [6.45, 7) is 5.00. The molecular weight excluding hydrogens is 238 g/mol. The standard InChI is InChI=1S/C12H19NOS2/c1-9-3-4-11(16-9)10(2)13-7-12(14)5-6-15-8-12/h3-4,10,13-14H,5-8H2,1-2H3. The van der Waals surface area contributed by atoms with Crippen molar-refractivity contribution in [2.75, 3.05) is 18.1 Å². The van der Waals surface area contributed by atoms with Gasteiger partial charge in [-0.25, -0.2) is 0 Å². The van der Waals surface area contributed by atoms with Gasteiger partial charge in [0.25, 0.3) is 0 Å². The largest absolute Gasteiger partial charge is 0.388 e. The van der Waals surface area contributed by atoms with Crippen molar-refractivity contribution in [3.8, 4) is 0 Å². The molecule has 2 nitrogen and oxygen atoms in total. The van der Waals surface area contributed by atoms with E-state index in [2.05, 4.69) is 31.3 Å². The molecule has 0 saturated carbocycles. The Morgan fingerprint density at radius 3 is 2.94 bits per heavy atom. The lowest BCUT2D eigenvalue weighted by Gasteiger charge is -2.24. The highest BCUT2D eigenvalue weighted by Gasteiger charge is 2.31. The molecule has 0 radical (unpaired) electrons. The van der Waals surface area contributed by atoms with Crippen molar-refractivity contribution in [1.29, 1.82) is 0 Å². The lowest BCUT2D eigenvalue weighted by molar-refractivity contribution is 0.0652. The van der Waals surface area contributed by atoms with E-state index < -0.39 is 5.60 Å². The Bertz CT molecular complexity index is 345. The van der Waals surface area contributed by atoms with Crippen molar-refractivity contribution in [2.45, 2.75) is 31.9 Å². The van der Waals surface area contributed by atoms with Gasteiger partial charge in [-0.15, -0.1) is 11.3 Å². The maximum Gasteiger partial charge on any atom is 0.0869 e. The predicted molar refractivity (Wildman–Crippen MR) is 72.4 cm³/mol. The monoisotopic (exact) mass is 257 g/mol. The average molecular weight is 257 g/mol. The topological polar surface area (TPSA) is 32.3 Å². The summed E-state index contributed by atoms with van der Waals surface area (Å²) in [6.07, 6.45) is 0.918. The number of thioether (sulfide) groups is 1. The van der Waals surface area contributed by atoms with Crippen molar-refractivity contribution >= 4 is 23.1 Å². The fourth-order valence-corrected chi connectivity index (χ4v) is 4.06. The minimum Gasteiger partial charge on any atom is -0.388 e. The molecule has 0 amide bonds. The molecule has 2 N–H and O–H groups in total. The van der Waals surface area contributed by atoms with E-state index in [9.17, 15) is 5.11 Å². The molecule has 1 aliphatic rings. The summed E-state index contributed by atoms with van der Waals surface area (Å²) in [7, 11) is 0. The first-order valence-corrected chi connectivity index (χ1v) is 7.66. The number of aryl methyl sites for hydroxylation is 1. The molecule has 90 valence electrons. The second-order valence-electron chi connectivity index (χ2n) is 4.58. The van der Waals surface area contributed by atoms with Crippen LogP contribution in [-0.4, -0.2) is 28.8 Å². The molecule has 1 fully saturated rings. The molecule has 1 saturated heterocycles. The van der Waals surface area contributed by atoms with E-state index in [-0.39, 0.29) is 0 Å². The van der Waals surface area contributed by atoms with E-state index >= 15 is 0 Å². The summed E-state index contributed by atoms with van der Waals surface area (Å²) in [5.41, 5.74) is -0.481. The van der Waals surface area contributed by atoms with Gasteiger partial charge in [0.1, 0.15) is 0 Å². The third-order valence-corrected chi connectivity index (χ3v) is 5.43. The molecule has 16 heavy (non-hydrogen) atoms. The number of hydrogen-bond donors (Lipinski definition) is 2. The van der Waals surface area contributed by atoms with Gasteiger partial charge in [-0.1, -0.05) is 0 Å². The summed E-state index contributed by atoms with van der Waals surface area (Å²) in [5, 5.41) is 13.7. The molecule has 2 unspecified atom stereocenters.